The van der Waals surface area contributed by atoms with Crippen molar-refractivity contribution in [1.29, 1.82) is 0 Å². The van der Waals surface area contributed by atoms with Crippen LogP contribution in [0.5, 0.6) is 0 Å². The molecule has 110 valence electrons. The van der Waals surface area contributed by atoms with Gasteiger partial charge in [0.1, 0.15) is 0 Å². The minimum Gasteiger partial charge on any atom is -0.367 e. The Labute approximate surface area is 135 Å². The summed E-state index contributed by atoms with van der Waals surface area (Å²) in [7, 11) is 1.99. The van der Waals surface area contributed by atoms with Crippen molar-refractivity contribution in [2.75, 3.05) is 18.5 Å². The quantitative estimate of drug-likeness (QED) is 0.893. The second kappa shape index (κ2) is 6.20. The molecule has 1 unspecified atom stereocenters. The maximum atomic E-state index is 3.72. The number of rotatable bonds is 3. The topological polar surface area (TPSA) is 15.3 Å². The molecule has 0 radical (unpaired) electrons. The van der Waals surface area contributed by atoms with Crippen LogP contribution in [0.3, 0.4) is 0 Å². The zero-order valence-corrected chi connectivity index (χ0v) is 14.2. The monoisotopic (exact) mass is 344 g/mol. The first-order valence-corrected chi connectivity index (χ1v) is 8.27. The van der Waals surface area contributed by atoms with E-state index in [2.05, 4.69) is 75.5 Å². The summed E-state index contributed by atoms with van der Waals surface area (Å²) in [5.41, 5.74) is 5.54. The second-order valence-corrected chi connectivity index (χ2v) is 6.51. The number of halogens is 1. The third-order valence-electron chi connectivity index (χ3n) is 4.38. The van der Waals surface area contributed by atoms with Crippen LogP contribution in [0.4, 0.5) is 5.69 Å². The van der Waals surface area contributed by atoms with Crippen LogP contribution < -0.4 is 10.2 Å². The van der Waals surface area contributed by atoms with E-state index in [1.807, 2.05) is 7.05 Å². The fraction of sp³-hybridized carbons (Fsp3) is 0.333. The van der Waals surface area contributed by atoms with E-state index in [4.69, 9.17) is 0 Å². The van der Waals surface area contributed by atoms with Crippen LogP contribution in [0, 0.1) is 0 Å². The van der Waals surface area contributed by atoms with Gasteiger partial charge in [0.2, 0.25) is 0 Å². The zero-order valence-electron chi connectivity index (χ0n) is 12.6. The number of nitrogens with zero attached hydrogens (tertiary/aromatic N) is 1. The Morgan fingerprint density at radius 3 is 2.62 bits per heavy atom. The van der Waals surface area contributed by atoms with Gasteiger partial charge in [0.15, 0.2) is 0 Å². The van der Waals surface area contributed by atoms with E-state index in [1.165, 1.54) is 26.9 Å². The molecule has 3 rings (SSSR count). The van der Waals surface area contributed by atoms with Gasteiger partial charge in [-0.05, 0) is 49.2 Å². The Kier molecular flexibility index (Phi) is 4.32. The maximum Gasteiger partial charge on any atom is 0.0432 e. The first-order valence-electron chi connectivity index (χ1n) is 7.47. The van der Waals surface area contributed by atoms with Crippen LogP contribution in [0.1, 0.15) is 29.7 Å². The molecule has 3 heteroatoms. The minimum absolute atomic E-state index is 0.357. The highest BCUT2D eigenvalue weighted by molar-refractivity contribution is 9.10. The number of benzene rings is 2. The zero-order chi connectivity index (χ0) is 14.8. The molecular weight excluding hydrogens is 324 g/mol. The predicted octanol–water partition coefficient (Wildman–Crippen LogP) is 4.29. The summed E-state index contributed by atoms with van der Waals surface area (Å²) in [4.78, 5) is 2.46. The highest BCUT2D eigenvalue weighted by atomic mass is 79.9. The van der Waals surface area contributed by atoms with Crippen molar-refractivity contribution in [3.8, 4) is 0 Å². The van der Waals surface area contributed by atoms with Gasteiger partial charge in [-0.15, -0.1) is 0 Å². The fourth-order valence-electron chi connectivity index (χ4n) is 2.94. The molecule has 0 spiro atoms. The highest BCUT2D eigenvalue weighted by Gasteiger charge is 2.17. The summed E-state index contributed by atoms with van der Waals surface area (Å²) in [6.45, 7) is 4.27. The number of fused-ring (bicyclic) bond motifs is 1. The molecule has 21 heavy (non-hydrogen) atoms. The normalized spacial score (nSPS) is 15.7. The maximum absolute atomic E-state index is 3.72. The molecule has 1 atom stereocenters. The number of nitrogens with one attached hydrogen (secondary N) is 1. The van der Waals surface area contributed by atoms with E-state index in [0.717, 1.165) is 19.5 Å². The van der Waals surface area contributed by atoms with E-state index in [0.29, 0.717) is 6.04 Å². The molecule has 2 aromatic rings. The summed E-state index contributed by atoms with van der Waals surface area (Å²) in [5, 5.41) is 3.29. The van der Waals surface area contributed by atoms with Gasteiger partial charge in [0.05, 0.1) is 0 Å². The molecule has 2 nitrogen and oxygen atoms in total. The van der Waals surface area contributed by atoms with Crippen molar-refractivity contribution >= 4 is 21.6 Å². The van der Waals surface area contributed by atoms with Crippen molar-refractivity contribution < 1.29 is 0 Å². The Bertz CT molecular complexity index is 639. The van der Waals surface area contributed by atoms with Gasteiger partial charge < -0.3 is 10.2 Å². The molecule has 1 heterocycles. The predicted molar refractivity (Wildman–Crippen MR) is 92.8 cm³/mol. The summed E-state index contributed by atoms with van der Waals surface area (Å²) in [5.74, 6) is 0. The lowest BCUT2D eigenvalue weighted by Gasteiger charge is -2.31. The summed E-state index contributed by atoms with van der Waals surface area (Å²) >= 11 is 3.72. The molecule has 0 amide bonds. The van der Waals surface area contributed by atoms with Crippen molar-refractivity contribution in [2.45, 2.75) is 25.9 Å². The van der Waals surface area contributed by atoms with Gasteiger partial charge in [-0.3, -0.25) is 0 Å². The van der Waals surface area contributed by atoms with Crippen molar-refractivity contribution in [2.24, 2.45) is 0 Å². The third-order valence-corrected chi connectivity index (χ3v) is 5.07. The molecule has 1 aliphatic rings. The molecule has 0 aliphatic carbocycles. The standard InChI is InChI=1S/C18H21BrN2/c1-13(20-2)17-8-7-16(11-18(17)19)21-10-9-14-5-3-4-6-15(14)12-21/h3-8,11,13,20H,9-10,12H2,1-2H3. The molecule has 1 N–H and O–H groups in total. The van der Waals surface area contributed by atoms with Gasteiger partial charge in [0.25, 0.3) is 0 Å². The van der Waals surface area contributed by atoms with Crippen molar-refractivity contribution in [3.63, 3.8) is 0 Å². The summed E-state index contributed by atoms with van der Waals surface area (Å²) in [6.07, 6.45) is 1.13. The largest absolute Gasteiger partial charge is 0.367 e. The van der Waals surface area contributed by atoms with Gasteiger partial charge in [-0.1, -0.05) is 46.3 Å². The smallest absolute Gasteiger partial charge is 0.0432 e. The van der Waals surface area contributed by atoms with Crippen LogP contribution in [0.15, 0.2) is 46.9 Å². The molecule has 0 saturated heterocycles. The number of anilines is 1. The van der Waals surface area contributed by atoms with Gasteiger partial charge in [0, 0.05) is 29.3 Å². The minimum atomic E-state index is 0.357. The van der Waals surface area contributed by atoms with Crippen molar-refractivity contribution in [1.82, 2.24) is 5.32 Å². The first-order chi connectivity index (χ1) is 10.2. The molecule has 0 saturated carbocycles. The molecular formula is C18H21BrN2. The lowest BCUT2D eigenvalue weighted by molar-refractivity contribution is 0.649. The van der Waals surface area contributed by atoms with E-state index in [9.17, 15) is 0 Å². The number of hydrogen-bond donors (Lipinski definition) is 1. The van der Waals surface area contributed by atoms with Crippen LogP contribution in [0.2, 0.25) is 0 Å². The Morgan fingerprint density at radius 1 is 1.14 bits per heavy atom. The van der Waals surface area contributed by atoms with Gasteiger partial charge in [-0.2, -0.15) is 0 Å². The Hall–Kier alpha value is -1.32. The molecule has 0 bridgehead atoms. The molecule has 0 aromatic heterocycles. The van der Waals surface area contributed by atoms with Crippen LogP contribution >= 0.6 is 15.9 Å². The van der Waals surface area contributed by atoms with Crippen LogP contribution in [-0.2, 0) is 13.0 Å². The average Bonchev–Trinajstić information content (AvgIpc) is 2.53. The lowest BCUT2D eigenvalue weighted by atomic mass is 9.99. The highest BCUT2D eigenvalue weighted by Crippen LogP contribution is 2.30. The Balaban J connectivity index is 1.84. The fourth-order valence-corrected chi connectivity index (χ4v) is 3.65. The van der Waals surface area contributed by atoms with Crippen molar-refractivity contribution in [3.05, 3.63) is 63.6 Å². The number of hydrogen-bond acceptors (Lipinski definition) is 2. The average molecular weight is 345 g/mol. The van der Waals surface area contributed by atoms with Gasteiger partial charge in [-0.25, -0.2) is 0 Å². The van der Waals surface area contributed by atoms with E-state index in [1.54, 1.807) is 0 Å². The first kappa shape index (κ1) is 14.6. The SMILES string of the molecule is CNC(C)c1ccc(N2CCc3ccccc3C2)cc1Br. The second-order valence-electron chi connectivity index (χ2n) is 5.66. The van der Waals surface area contributed by atoms with Crippen LogP contribution in [-0.4, -0.2) is 13.6 Å². The molecule has 0 fully saturated rings. The van der Waals surface area contributed by atoms with E-state index >= 15 is 0 Å². The Morgan fingerprint density at radius 2 is 1.90 bits per heavy atom. The van der Waals surface area contributed by atoms with E-state index in [-0.39, 0.29) is 0 Å². The summed E-state index contributed by atoms with van der Waals surface area (Å²) < 4.78 is 1.18. The lowest BCUT2D eigenvalue weighted by Crippen LogP contribution is -2.30. The van der Waals surface area contributed by atoms with E-state index < -0.39 is 0 Å². The van der Waals surface area contributed by atoms with Gasteiger partial charge >= 0.3 is 0 Å². The summed E-state index contributed by atoms with van der Waals surface area (Å²) in [6, 6.07) is 15.8. The molecule has 1 aliphatic heterocycles. The van der Waals surface area contributed by atoms with Crippen LogP contribution in [0.25, 0.3) is 0 Å². The molecule has 2 aromatic carbocycles. The third kappa shape index (κ3) is 2.99.